The first-order chi connectivity index (χ1) is 12.1. The molecule has 0 spiro atoms. The Labute approximate surface area is 147 Å². The molecule has 0 amide bonds. The van der Waals surface area contributed by atoms with Gasteiger partial charge in [0.25, 0.3) is 0 Å². The Morgan fingerprint density at radius 1 is 1.28 bits per heavy atom. The van der Waals surface area contributed by atoms with E-state index < -0.39 is 5.97 Å². The highest BCUT2D eigenvalue weighted by Crippen LogP contribution is 2.39. The van der Waals surface area contributed by atoms with Gasteiger partial charge in [0.15, 0.2) is 17.6 Å². The molecule has 0 bridgehead atoms. The SMILES string of the molecule is O=C(O)c1c[nH]c2cc(Cl)c(-c3ccc4c(c3)OCC(CO)O4)cc12. The number of aliphatic hydroxyl groups excluding tert-OH is 1. The molecule has 0 saturated heterocycles. The van der Waals surface area contributed by atoms with Crippen LogP contribution in [-0.4, -0.2) is 40.5 Å². The number of aromatic nitrogens is 1. The van der Waals surface area contributed by atoms with Gasteiger partial charge in [-0.2, -0.15) is 0 Å². The first-order valence-electron chi connectivity index (χ1n) is 7.65. The predicted octanol–water partition coefficient (Wildman–Crippen LogP) is 3.32. The van der Waals surface area contributed by atoms with E-state index in [-0.39, 0.29) is 24.9 Å². The number of aromatic amines is 1. The van der Waals surface area contributed by atoms with Gasteiger partial charge in [-0.1, -0.05) is 17.7 Å². The Bertz CT molecular complexity index is 981. The lowest BCUT2D eigenvalue weighted by atomic mass is 10.0. The van der Waals surface area contributed by atoms with Crippen LogP contribution in [0.5, 0.6) is 11.5 Å². The van der Waals surface area contributed by atoms with Crippen LogP contribution >= 0.6 is 11.6 Å². The van der Waals surface area contributed by atoms with Crippen LogP contribution in [0.15, 0.2) is 36.5 Å². The van der Waals surface area contributed by atoms with E-state index in [1.54, 1.807) is 24.3 Å². The van der Waals surface area contributed by atoms with Crippen molar-refractivity contribution in [3.8, 4) is 22.6 Å². The van der Waals surface area contributed by atoms with Gasteiger partial charge in [0.1, 0.15) is 6.61 Å². The summed E-state index contributed by atoms with van der Waals surface area (Å²) in [5.74, 6) is 0.113. The number of H-pyrrole nitrogens is 1. The van der Waals surface area contributed by atoms with Crippen LogP contribution in [0.4, 0.5) is 0 Å². The molecular formula is C18H14ClNO5. The van der Waals surface area contributed by atoms with Crippen molar-refractivity contribution in [2.75, 3.05) is 13.2 Å². The monoisotopic (exact) mass is 359 g/mol. The van der Waals surface area contributed by atoms with Gasteiger partial charge in [-0.05, 0) is 29.8 Å². The second kappa shape index (κ2) is 5.98. The van der Waals surface area contributed by atoms with Gasteiger partial charge >= 0.3 is 5.97 Å². The van der Waals surface area contributed by atoms with Gasteiger partial charge < -0.3 is 24.7 Å². The average Bonchev–Trinajstić information content (AvgIpc) is 3.03. The van der Waals surface area contributed by atoms with Crippen molar-refractivity contribution < 1.29 is 24.5 Å². The number of rotatable bonds is 3. The third-order valence-electron chi connectivity index (χ3n) is 4.18. The highest BCUT2D eigenvalue weighted by Gasteiger charge is 2.21. The van der Waals surface area contributed by atoms with Crippen LogP contribution in [0.2, 0.25) is 5.02 Å². The lowest BCUT2D eigenvalue weighted by Crippen LogP contribution is -2.32. The zero-order chi connectivity index (χ0) is 17.6. The second-order valence-electron chi connectivity index (χ2n) is 5.78. The zero-order valence-electron chi connectivity index (χ0n) is 13.0. The van der Waals surface area contributed by atoms with Crippen LogP contribution in [0.3, 0.4) is 0 Å². The summed E-state index contributed by atoms with van der Waals surface area (Å²) in [7, 11) is 0. The minimum absolute atomic E-state index is 0.116. The summed E-state index contributed by atoms with van der Waals surface area (Å²) in [5, 5.41) is 19.5. The Balaban J connectivity index is 1.80. The molecule has 1 unspecified atom stereocenters. The maximum atomic E-state index is 11.3. The number of carboxylic acid groups (broad SMARTS) is 1. The minimum atomic E-state index is -1.00. The van der Waals surface area contributed by atoms with Crippen molar-refractivity contribution in [1.82, 2.24) is 4.98 Å². The van der Waals surface area contributed by atoms with Crippen LogP contribution in [0.1, 0.15) is 10.4 Å². The lowest BCUT2D eigenvalue weighted by Gasteiger charge is -2.25. The number of hydrogen-bond acceptors (Lipinski definition) is 4. The number of hydrogen-bond donors (Lipinski definition) is 3. The van der Waals surface area contributed by atoms with Crippen LogP contribution in [0, 0.1) is 0 Å². The third kappa shape index (κ3) is 2.69. The second-order valence-corrected chi connectivity index (χ2v) is 6.19. The fourth-order valence-corrected chi connectivity index (χ4v) is 3.19. The lowest BCUT2D eigenvalue weighted by molar-refractivity contribution is 0.0457. The number of benzene rings is 2. The predicted molar refractivity (Wildman–Crippen MR) is 92.7 cm³/mol. The van der Waals surface area contributed by atoms with Crippen molar-refractivity contribution >= 4 is 28.5 Å². The fourth-order valence-electron chi connectivity index (χ4n) is 2.91. The molecule has 0 radical (unpaired) electrons. The Morgan fingerprint density at radius 3 is 2.88 bits per heavy atom. The number of carbonyl (C=O) groups is 1. The van der Waals surface area contributed by atoms with Crippen LogP contribution < -0.4 is 9.47 Å². The number of fused-ring (bicyclic) bond motifs is 2. The first-order valence-corrected chi connectivity index (χ1v) is 8.03. The molecule has 128 valence electrons. The van der Waals surface area contributed by atoms with E-state index in [2.05, 4.69) is 4.98 Å². The summed E-state index contributed by atoms with van der Waals surface area (Å²) in [6, 6.07) is 8.82. The molecule has 0 aliphatic carbocycles. The normalized spacial score (nSPS) is 16.2. The van der Waals surface area contributed by atoms with E-state index >= 15 is 0 Å². The Kier molecular flexibility index (Phi) is 3.78. The standard InChI is InChI=1S/C18H14ClNO5/c19-14-5-15-12(13(6-20-15)18(22)23)4-11(14)9-1-2-16-17(3-9)24-8-10(7-21)25-16/h1-6,10,20-21H,7-8H2,(H,22,23). The highest BCUT2D eigenvalue weighted by molar-refractivity contribution is 6.34. The molecule has 0 fully saturated rings. The van der Waals surface area contributed by atoms with Crippen LogP contribution in [-0.2, 0) is 0 Å². The molecule has 6 nitrogen and oxygen atoms in total. The van der Waals surface area contributed by atoms with Crippen molar-refractivity contribution in [1.29, 1.82) is 0 Å². The van der Waals surface area contributed by atoms with E-state index in [1.165, 1.54) is 6.20 Å². The number of nitrogens with one attached hydrogen (secondary N) is 1. The molecule has 0 saturated carbocycles. The minimum Gasteiger partial charge on any atom is -0.486 e. The van der Waals surface area contributed by atoms with E-state index in [9.17, 15) is 9.90 Å². The van der Waals surface area contributed by atoms with Gasteiger partial charge in [-0.25, -0.2) is 4.79 Å². The van der Waals surface area contributed by atoms with E-state index in [1.807, 2.05) is 6.07 Å². The number of halogens is 1. The van der Waals surface area contributed by atoms with Crippen LogP contribution in [0.25, 0.3) is 22.0 Å². The zero-order valence-corrected chi connectivity index (χ0v) is 13.7. The van der Waals surface area contributed by atoms with E-state index in [0.717, 1.165) is 5.56 Å². The quantitative estimate of drug-likeness (QED) is 0.667. The average molecular weight is 360 g/mol. The molecule has 7 heteroatoms. The molecule has 3 N–H and O–H groups in total. The Hall–Kier alpha value is -2.70. The van der Waals surface area contributed by atoms with Crippen molar-refractivity contribution in [3.05, 3.63) is 47.1 Å². The summed E-state index contributed by atoms with van der Waals surface area (Å²) in [4.78, 5) is 14.3. The van der Waals surface area contributed by atoms with Gasteiger partial charge in [0.2, 0.25) is 0 Å². The van der Waals surface area contributed by atoms with Crippen molar-refractivity contribution in [2.24, 2.45) is 0 Å². The molecule has 1 aliphatic heterocycles. The van der Waals surface area contributed by atoms with E-state index in [4.69, 9.17) is 26.2 Å². The molecule has 1 aliphatic rings. The van der Waals surface area contributed by atoms with Crippen molar-refractivity contribution in [3.63, 3.8) is 0 Å². The first kappa shape index (κ1) is 15.8. The molecule has 2 aromatic carbocycles. The third-order valence-corrected chi connectivity index (χ3v) is 4.49. The number of ether oxygens (including phenoxy) is 2. The number of aliphatic hydroxyl groups is 1. The number of aromatic carboxylic acids is 1. The summed E-state index contributed by atoms with van der Waals surface area (Å²) < 4.78 is 11.3. The topological polar surface area (TPSA) is 91.8 Å². The van der Waals surface area contributed by atoms with Crippen molar-refractivity contribution in [2.45, 2.75) is 6.10 Å². The molecule has 4 rings (SSSR count). The Morgan fingerprint density at radius 2 is 2.12 bits per heavy atom. The fraction of sp³-hybridized carbons (Fsp3) is 0.167. The molecule has 2 heterocycles. The van der Waals surface area contributed by atoms with E-state index in [0.29, 0.717) is 33.0 Å². The van der Waals surface area contributed by atoms with Gasteiger partial charge in [-0.15, -0.1) is 0 Å². The largest absolute Gasteiger partial charge is 0.486 e. The maximum absolute atomic E-state index is 11.3. The molecule has 1 aromatic heterocycles. The summed E-state index contributed by atoms with van der Waals surface area (Å²) in [6.45, 7) is 0.149. The van der Waals surface area contributed by atoms with Gasteiger partial charge in [0.05, 0.1) is 17.2 Å². The maximum Gasteiger partial charge on any atom is 0.337 e. The summed E-state index contributed by atoms with van der Waals surface area (Å²) in [6.07, 6.45) is 1.07. The molecule has 3 aromatic rings. The highest BCUT2D eigenvalue weighted by atomic mass is 35.5. The smallest absolute Gasteiger partial charge is 0.337 e. The molecule has 25 heavy (non-hydrogen) atoms. The van der Waals surface area contributed by atoms with Gasteiger partial charge in [-0.3, -0.25) is 0 Å². The van der Waals surface area contributed by atoms with Gasteiger partial charge in [0, 0.05) is 22.7 Å². The summed E-state index contributed by atoms with van der Waals surface area (Å²) >= 11 is 6.38. The molecular weight excluding hydrogens is 346 g/mol. The summed E-state index contributed by atoms with van der Waals surface area (Å²) in [5.41, 5.74) is 2.34. The molecule has 1 atom stereocenters. The number of carboxylic acids is 1.